The van der Waals surface area contributed by atoms with E-state index in [4.69, 9.17) is 4.74 Å². The number of methoxy groups -OCH3 is 1. The predicted molar refractivity (Wildman–Crippen MR) is 92.8 cm³/mol. The van der Waals surface area contributed by atoms with Crippen LogP contribution in [0, 0.1) is 5.92 Å². The molecule has 0 aliphatic carbocycles. The molecule has 1 fully saturated rings. The second kappa shape index (κ2) is 8.50. The molecule has 1 heterocycles. The summed E-state index contributed by atoms with van der Waals surface area (Å²) in [5.74, 6) is -1.27. The van der Waals surface area contributed by atoms with Crippen LogP contribution in [0.25, 0.3) is 0 Å². The molecule has 136 valence electrons. The molecule has 7 nitrogen and oxygen atoms in total. The Labute approximate surface area is 147 Å². The summed E-state index contributed by atoms with van der Waals surface area (Å²) >= 11 is 0. The molecule has 1 saturated heterocycles. The van der Waals surface area contributed by atoms with Gasteiger partial charge in [0.05, 0.1) is 24.3 Å². The number of carbonyl (C=O) groups is 3. The van der Waals surface area contributed by atoms with Gasteiger partial charge < -0.3 is 20.1 Å². The third-order valence-electron chi connectivity index (χ3n) is 4.32. The number of carboxylic acids is 1. The van der Waals surface area contributed by atoms with E-state index < -0.39 is 5.97 Å². The lowest BCUT2D eigenvalue weighted by Crippen LogP contribution is -2.43. The summed E-state index contributed by atoms with van der Waals surface area (Å²) in [6.07, 6.45) is 2.71. The number of anilines is 1. The van der Waals surface area contributed by atoms with Crippen molar-refractivity contribution in [3.05, 3.63) is 23.8 Å². The van der Waals surface area contributed by atoms with E-state index in [-0.39, 0.29) is 29.0 Å². The van der Waals surface area contributed by atoms with Gasteiger partial charge in [-0.15, -0.1) is 0 Å². The van der Waals surface area contributed by atoms with E-state index in [2.05, 4.69) is 5.32 Å². The van der Waals surface area contributed by atoms with E-state index in [9.17, 15) is 19.5 Å². The number of likely N-dealkylation sites (tertiary alicyclic amines) is 1. The second-order valence-corrected chi connectivity index (χ2v) is 6.13. The summed E-state index contributed by atoms with van der Waals surface area (Å²) in [6.45, 7) is 3.00. The lowest BCUT2D eigenvalue weighted by atomic mass is 9.96. The smallest absolute Gasteiger partial charge is 0.337 e. The van der Waals surface area contributed by atoms with Gasteiger partial charge in [-0.1, -0.05) is 6.92 Å². The number of rotatable bonds is 6. The fourth-order valence-corrected chi connectivity index (χ4v) is 2.96. The van der Waals surface area contributed by atoms with Gasteiger partial charge in [-0.3, -0.25) is 9.59 Å². The quantitative estimate of drug-likeness (QED) is 0.823. The Balaban J connectivity index is 2.09. The molecule has 2 N–H and O–H groups in total. The Morgan fingerprint density at radius 1 is 1.36 bits per heavy atom. The highest BCUT2D eigenvalue weighted by molar-refractivity contribution is 6.01. The molecule has 0 radical (unpaired) electrons. The number of nitrogens with one attached hydrogen (secondary N) is 1. The van der Waals surface area contributed by atoms with Crippen molar-refractivity contribution in [3.63, 3.8) is 0 Å². The minimum atomic E-state index is -1.14. The van der Waals surface area contributed by atoms with Crippen LogP contribution in [-0.4, -0.2) is 48.0 Å². The van der Waals surface area contributed by atoms with Crippen molar-refractivity contribution < 1.29 is 24.2 Å². The SMILES string of the molecule is CCCC(=O)N1CCCC(C(=O)Nc2ccc(OC)cc2C(=O)O)C1. The molecular formula is C18H24N2O5. The van der Waals surface area contributed by atoms with Crippen LogP contribution in [0.1, 0.15) is 43.0 Å². The van der Waals surface area contributed by atoms with Crippen molar-refractivity contribution in [2.24, 2.45) is 5.92 Å². The lowest BCUT2D eigenvalue weighted by Gasteiger charge is -2.32. The molecule has 0 aromatic heterocycles. The van der Waals surface area contributed by atoms with Crippen molar-refractivity contribution in [2.75, 3.05) is 25.5 Å². The van der Waals surface area contributed by atoms with Gasteiger partial charge in [0.25, 0.3) is 0 Å². The van der Waals surface area contributed by atoms with Gasteiger partial charge in [0, 0.05) is 19.5 Å². The van der Waals surface area contributed by atoms with Crippen molar-refractivity contribution in [1.29, 1.82) is 0 Å². The van der Waals surface area contributed by atoms with Gasteiger partial charge in [0.15, 0.2) is 0 Å². The van der Waals surface area contributed by atoms with E-state index in [1.807, 2.05) is 6.92 Å². The molecule has 2 rings (SSSR count). The average Bonchev–Trinajstić information content (AvgIpc) is 2.62. The number of nitrogens with zero attached hydrogens (tertiary/aromatic N) is 1. The highest BCUT2D eigenvalue weighted by Crippen LogP contribution is 2.24. The van der Waals surface area contributed by atoms with Crippen molar-refractivity contribution in [2.45, 2.75) is 32.6 Å². The molecular weight excluding hydrogens is 324 g/mol. The minimum absolute atomic E-state index is 0.0255. The molecule has 2 amide bonds. The first-order valence-electron chi connectivity index (χ1n) is 8.46. The Morgan fingerprint density at radius 2 is 2.12 bits per heavy atom. The number of hydrogen-bond acceptors (Lipinski definition) is 4. The van der Waals surface area contributed by atoms with E-state index in [1.54, 1.807) is 11.0 Å². The molecule has 1 aromatic rings. The minimum Gasteiger partial charge on any atom is -0.497 e. The van der Waals surface area contributed by atoms with Gasteiger partial charge >= 0.3 is 5.97 Å². The van der Waals surface area contributed by atoms with E-state index in [0.717, 1.165) is 12.8 Å². The molecule has 0 spiro atoms. The molecule has 25 heavy (non-hydrogen) atoms. The van der Waals surface area contributed by atoms with Crippen molar-refractivity contribution in [1.82, 2.24) is 4.90 Å². The first-order valence-corrected chi connectivity index (χ1v) is 8.46. The van der Waals surface area contributed by atoms with E-state index in [1.165, 1.54) is 19.2 Å². The molecule has 0 saturated carbocycles. The third kappa shape index (κ3) is 4.71. The average molecular weight is 348 g/mol. The van der Waals surface area contributed by atoms with E-state index >= 15 is 0 Å². The highest BCUT2D eigenvalue weighted by atomic mass is 16.5. The molecule has 1 aliphatic rings. The summed E-state index contributed by atoms with van der Waals surface area (Å²) in [6, 6.07) is 4.49. The monoisotopic (exact) mass is 348 g/mol. The number of carbonyl (C=O) groups excluding carboxylic acids is 2. The number of hydrogen-bond donors (Lipinski definition) is 2. The maximum absolute atomic E-state index is 12.5. The highest BCUT2D eigenvalue weighted by Gasteiger charge is 2.28. The third-order valence-corrected chi connectivity index (χ3v) is 4.32. The van der Waals surface area contributed by atoms with Crippen LogP contribution >= 0.6 is 0 Å². The maximum atomic E-state index is 12.5. The summed E-state index contributed by atoms with van der Waals surface area (Å²) < 4.78 is 5.02. The van der Waals surface area contributed by atoms with Crippen LogP contribution in [0.4, 0.5) is 5.69 Å². The number of piperidine rings is 1. The zero-order valence-electron chi connectivity index (χ0n) is 14.6. The number of ether oxygens (including phenoxy) is 1. The molecule has 1 atom stereocenters. The van der Waals surface area contributed by atoms with Gasteiger partial charge in [0.1, 0.15) is 5.75 Å². The fourth-order valence-electron chi connectivity index (χ4n) is 2.96. The molecule has 1 aromatic carbocycles. The van der Waals surface area contributed by atoms with Crippen LogP contribution in [0.15, 0.2) is 18.2 Å². The normalized spacial score (nSPS) is 17.0. The Hall–Kier alpha value is -2.57. The van der Waals surface area contributed by atoms with Crippen LogP contribution in [-0.2, 0) is 9.59 Å². The predicted octanol–water partition coefficient (Wildman–Crippen LogP) is 2.37. The Morgan fingerprint density at radius 3 is 2.76 bits per heavy atom. The summed E-state index contributed by atoms with van der Waals surface area (Å²) in [4.78, 5) is 37.7. The number of amides is 2. The first kappa shape index (κ1) is 18.8. The summed E-state index contributed by atoms with van der Waals surface area (Å²) in [7, 11) is 1.45. The Kier molecular flexibility index (Phi) is 6.38. The number of benzene rings is 1. The van der Waals surface area contributed by atoms with Gasteiger partial charge in [-0.2, -0.15) is 0 Å². The lowest BCUT2D eigenvalue weighted by molar-refractivity contribution is -0.134. The molecule has 1 aliphatic heterocycles. The maximum Gasteiger partial charge on any atom is 0.337 e. The number of aromatic carboxylic acids is 1. The van der Waals surface area contributed by atoms with Gasteiger partial charge in [-0.25, -0.2) is 4.79 Å². The first-order chi connectivity index (χ1) is 12.0. The van der Waals surface area contributed by atoms with E-state index in [0.29, 0.717) is 31.7 Å². The zero-order chi connectivity index (χ0) is 18.4. The van der Waals surface area contributed by atoms with Crippen LogP contribution in [0.5, 0.6) is 5.75 Å². The van der Waals surface area contributed by atoms with Crippen LogP contribution in [0.3, 0.4) is 0 Å². The van der Waals surface area contributed by atoms with Crippen molar-refractivity contribution in [3.8, 4) is 5.75 Å². The van der Waals surface area contributed by atoms with Crippen LogP contribution in [0.2, 0.25) is 0 Å². The van der Waals surface area contributed by atoms with Gasteiger partial charge in [0.2, 0.25) is 11.8 Å². The fraction of sp³-hybridized carbons (Fsp3) is 0.500. The van der Waals surface area contributed by atoms with Crippen molar-refractivity contribution >= 4 is 23.5 Å². The Bertz CT molecular complexity index is 659. The topological polar surface area (TPSA) is 95.9 Å². The molecule has 1 unspecified atom stereocenters. The van der Waals surface area contributed by atoms with Gasteiger partial charge in [-0.05, 0) is 37.5 Å². The molecule has 7 heteroatoms. The number of carboxylic acid groups (broad SMARTS) is 1. The van der Waals surface area contributed by atoms with Crippen LogP contribution < -0.4 is 10.1 Å². The largest absolute Gasteiger partial charge is 0.497 e. The molecule has 0 bridgehead atoms. The zero-order valence-corrected chi connectivity index (χ0v) is 14.6. The standard InChI is InChI=1S/C18H24N2O5/c1-3-5-16(21)20-9-4-6-12(11-20)17(22)19-15-8-7-13(25-2)10-14(15)18(23)24/h7-8,10,12H,3-6,9,11H2,1-2H3,(H,19,22)(H,23,24). The second-order valence-electron chi connectivity index (χ2n) is 6.13. The summed E-state index contributed by atoms with van der Waals surface area (Å²) in [5.41, 5.74) is 0.206. The summed E-state index contributed by atoms with van der Waals surface area (Å²) in [5, 5.41) is 12.0.